The normalized spacial score (nSPS) is 11.1. The predicted molar refractivity (Wildman–Crippen MR) is 110 cm³/mol. The third-order valence-corrected chi connectivity index (χ3v) is 4.48. The summed E-state index contributed by atoms with van der Waals surface area (Å²) in [6.07, 6.45) is -3.64. The third kappa shape index (κ3) is 5.20. The van der Waals surface area contributed by atoms with Crippen molar-refractivity contribution in [1.29, 1.82) is 0 Å². The fraction of sp³-hybridized carbons (Fsp3) is 0.136. The lowest BCUT2D eigenvalue weighted by Gasteiger charge is -2.19. The molecule has 0 unspecified atom stereocenters. The van der Waals surface area contributed by atoms with Crippen molar-refractivity contribution in [3.63, 3.8) is 0 Å². The number of alkyl halides is 3. The number of carbonyl (C=O) groups is 2. The molecule has 0 fully saturated rings. The number of primary amides is 1. The number of nitrogens with two attached hydrogens (primary N) is 1. The Labute approximate surface area is 185 Å². The number of aromatic nitrogens is 1. The first kappa shape index (κ1) is 23.5. The first-order valence-corrected chi connectivity index (χ1v) is 9.30. The Bertz CT molecular complexity index is 1230. The molecule has 0 radical (unpaired) electrons. The molecule has 2 aromatic carbocycles. The smallest absolute Gasteiger partial charge is 0.419 e. The lowest BCUT2D eigenvalue weighted by atomic mass is 10.1. The molecular weight excluding hydrogens is 446 g/mol. The lowest BCUT2D eigenvalue weighted by Crippen LogP contribution is -2.18. The quantitative estimate of drug-likeness (QED) is 0.516. The monoisotopic (exact) mass is 463 g/mol. The summed E-state index contributed by atoms with van der Waals surface area (Å²) in [5, 5.41) is 2.38. The van der Waals surface area contributed by atoms with Gasteiger partial charge >= 0.3 is 6.18 Å². The van der Waals surface area contributed by atoms with Crippen LogP contribution < -0.4 is 20.5 Å². The molecule has 3 aromatic rings. The van der Waals surface area contributed by atoms with E-state index < -0.39 is 40.7 Å². The predicted octanol–water partition coefficient (Wildman–Crippen LogP) is 4.70. The van der Waals surface area contributed by atoms with Gasteiger partial charge in [-0.3, -0.25) is 14.6 Å². The second kappa shape index (κ2) is 9.15. The van der Waals surface area contributed by atoms with Crippen molar-refractivity contribution in [3.05, 3.63) is 76.9 Å². The van der Waals surface area contributed by atoms with Crippen LogP contribution in [0.2, 0.25) is 0 Å². The number of anilines is 1. The number of hydrogen-bond acceptors (Lipinski definition) is 5. The number of carbonyl (C=O) groups excluding carboxylic acids is 2. The molecule has 0 saturated heterocycles. The summed E-state index contributed by atoms with van der Waals surface area (Å²) in [5.41, 5.74) is 3.51. The summed E-state index contributed by atoms with van der Waals surface area (Å²) in [6, 6.07) is 7.84. The van der Waals surface area contributed by atoms with Gasteiger partial charge in [0.1, 0.15) is 34.3 Å². The van der Waals surface area contributed by atoms with Crippen molar-refractivity contribution in [2.45, 2.75) is 13.1 Å². The highest BCUT2D eigenvalue weighted by Gasteiger charge is 2.38. The van der Waals surface area contributed by atoms with Crippen LogP contribution in [0.1, 0.15) is 32.0 Å². The molecule has 0 aliphatic carbocycles. The number of nitrogens with one attached hydrogen (secondary N) is 1. The van der Waals surface area contributed by atoms with Gasteiger partial charge in [0, 0.05) is 11.9 Å². The highest BCUT2D eigenvalue weighted by Crippen LogP contribution is 2.43. The first-order chi connectivity index (χ1) is 15.5. The molecule has 2 amide bonds. The van der Waals surface area contributed by atoms with Gasteiger partial charge < -0.3 is 20.5 Å². The molecule has 0 saturated carbocycles. The molecule has 172 valence electrons. The molecule has 1 aromatic heterocycles. The van der Waals surface area contributed by atoms with Crippen LogP contribution >= 0.6 is 0 Å². The molecule has 3 rings (SSSR count). The van der Waals surface area contributed by atoms with Crippen molar-refractivity contribution < 1.29 is 36.6 Å². The van der Waals surface area contributed by atoms with E-state index in [4.69, 9.17) is 15.2 Å². The van der Waals surface area contributed by atoms with Crippen molar-refractivity contribution in [2.24, 2.45) is 5.73 Å². The van der Waals surface area contributed by atoms with E-state index in [1.807, 2.05) is 0 Å². The Kier molecular flexibility index (Phi) is 6.52. The highest BCUT2D eigenvalue weighted by atomic mass is 19.4. The van der Waals surface area contributed by atoms with Crippen molar-refractivity contribution in [2.75, 3.05) is 12.4 Å². The molecule has 1 heterocycles. The zero-order chi connectivity index (χ0) is 24.3. The van der Waals surface area contributed by atoms with E-state index in [0.29, 0.717) is 6.07 Å². The fourth-order valence-corrected chi connectivity index (χ4v) is 2.94. The van der Waals surface area contributed by atoms with Gasteiger partial charge in [-0.2, -0.15) is 13.2 Å². The van der Waals surface area contributed by atoms with E-state index in [2.05, 4.69) is 10.3 Å². The summed E-state index contributed by atoms with van der Waals surface area (Å²) >= 11 is 0. The van der Waals surface area contributed by atoms with Crippen molar-refractivity contribution >= 4 is 17.5 Å². The van der Waals surface area contributed by atoms with E-state index in [1.54, 1.807) is 0 Å². The second-order valence-corrected chi connectivity index (χ2v) is 6.78. The summed E-state index contributed by atoms with van der Waals surface area (Å²) < 4.78 is 64.8. The van der Waals surface area contributed by atoms with Crippen LogP contribution in [0, 0.1) is 12.7 Å². The molecule has 11 heteroatoms. The summed E-state index contributed by atoms with van der Waals surface area (Å²) in [6.45, 7) is 1.48. The zero-order valence-electron chi connectivity index (χ0n) is 17.3. The molecule has 0 aliphatic rings. The number of halogens is 4. The number of benzene rings is 2. The van der Waals surface area contributed by atoms with Gasteiger partial charge in [-0.05, 0) is 55.0 Å². The lowest BCUT2D eigenvalue weighted by molar-refractivity contribution is -0.138. The fourth-order valence-electron chi connectivity index (χ4n) is 2.94. The molecule has 0 atom stereocenters. The molecule has 0 bridgehead atoms. The minimum Gasteiger partial charge on any atom is -0.495 e. The molecule has 7 nitrogen and oxygen atoms in total. The van der Waals surface area contributed by atoms with Crippen molar-refractivity contribution in [1.82, 2.24) is 4.98 Å². The number of amides is 2. The maximum absolute atomic E-state index is 13.6. The molecule has 33 heavy (non-hydrogen) atoms. The van der Waals surface area contributed by atoms with Gasteiger partial charge in [-0.15, -0.1) is 0 Å². The Hall–Kier alpha value is -4.15. The van der Waals surface area contributed by atoms with Crippen LogP contribution in [-0.2, 0) is 6.18 Å². The van der Waals surface area contributed by atoms with Crippen LogP contribution in [0.25, 0.3) is 0 Å². The molecule has 3 N–H and O–H groups in total. The largest absolute Gasteiger partial charge is 0.495 e. The summed E-state index contributed by atoms with van der Waals surface area (Å²) in [5.74, 6) is -3.35. The minimum absolute atomic E-state index is 0.0480. The topological polar surface area (TPSA) is 104 Å². The number of pyridine rings is 1. The van der Waals surface area contributed by atoms with Crippen LogP contribution in [0.3, 0.4) is 0 Å². The van der Waals surface area contributed by atoms with Crippen molar-refractivity contribution in [3.8, 4) is 17.2 Å². The van der Waals surface area contributed by atoms with Gasteiger partial charge in [0.05, 0.1) is 12.7 Å². The third-order valence-electron chi connectivity index (χ3n) is 4.48. The minimum atomic E-state index is -4.83. The Balaban J connectivity index is 2.10. The maximum atomic E-state index is 13.6. The average Bonchev–Trinajstić information content (AvgIpc) is 2.75. The maximum Gasteiger partial charge on any atom is 0.419 e. The van der Waals surface area contributed by atoms with Gasteiger partial charge in [-0.1, -0.05) is 0 Å². The van der Waals surface area contributed by atoms with E-state index in [-0.39, 0.29) is 28.4 Å². The number of methoxy groups -OCH3 is 1. The van der Waals surface area contributed by atoms with E-state index in [0.717, 1.165) is 25.3 Å². The molecular formula is C22H17F4N3O4. The van der Waals surface area contributed by atoms with E-state index in [1.165, 1.54) is 31.3 Å². The van der Waals surface area contributed by atoms with Crippen LogP contribution in [-0.4, -0.2) is 23.9 Å². The van der Waals surface area contributed by atoms with E-state index in [9.17, 15) is 27.2 Å². The number of nitrogens with zero attached hydrogens (tertiary/aromatic N) is 1. The second-order valence-electron chi connectivity index (χ2n) is 6.78. The number of aryl methyl sites for hydroxylation is 1. The average molecular weight is 463 g/mol. The van der Waals surface area contributed by atoms with Crippen LogP contribution in [0.5, 0.6) is 17.2 Å². The van der Waals surface area contributed by atoms with Crippen LogP contribution in [0.15, 0.2) is 48.7 Å². The SMILES string of the molecule is COc1c(C(F)(F)F)ccc(Oc2ccc(F)c(C)c2)c1C(=O)Nc1ccnc(C(N)=O)c1. The Morgan fingerprint density at radius 3 is 2.42 bits per heavy atom. The van der Waals surface area contributed by atoms with Crippen LogP contribution in [0.4, 0.5) is 23.2 Å². The van der Waals surface area contributed by atoms with E-state index >= 15 is 0 Å². The number of ether oxygens (including phenoxy) is 2. The Morgan fingerprint density at radius 2 is 1.82 bits per heavy atom. The van der Waals surface area contributed by atoms with Gasteiger partial charge in [0.2, 0.25) is 0 Å². The number of rotatable bonds is 6. The molecule has 0 aliphatic heterocycles. The summed E-state index contributed by atoms with van der Waals surface area (Å²) in [7, 11) is 0.977. The van der Waals surface area contributed by atoms with Gasteiger partial charge in [0.25, 0.3) is 11.8 Å². The zero-order valence-corrected chi connectivity index (χ0v) is 17.3. The number of hydrogen-bond donors (Lipinski definition) is 2. The highest BCUT2D eigenvalue weighted by molar-refractivity contribution is 6.09. The van der Waals surface area contributed by atoms with Gasteiger partial charge in [-0.25, -0.2) is 4.39 Å². The Morgan fingerprint density at radius 1 is 1.09 bits per heavy atom. The summed E-state index contributed by atoms with van der Waals surface area (Å²) in [4.78, 5) is 28.1. The first-order valence-electron chi connectivity index (χ1n) is 9.30. The van der Waals surface area contributed by atoms with Gasteiger partial charge in [0.15, 0.2) is 0 Å². The molecule has 0 spiro atoms. The standard InChI is InChI=1S/C22H17F4N3O4/c1-11-9-13(3-5-15(11)23)33-17-6-4-14(22(24,25)26)19(32-2)18(17)21(31)29-12-7-8-28-16(10-12)20(27)30/h3-10H,1-2H3,(H2,27,30)(H,28,29,31).